The molecule has 0 atom stereocenters. The second kappa shape index (κ2) is 15.3. The number of methoxy groups -OCH3 is 1. The van der Waals surface area contributed by atoms with E-state index in [2.05, 4.69) is 45.2 Å². The first-order chi connectivity index (χ1) is 23.4. The SMILES string of the molecule is COc1ccccc1/C=C(\NC(=O)c1ccccc1)C(=O)Nc1ccc(SCC(=O)Nc2nc(-c3ccc4ccccc4c3)cs2)cc1. The number of nitrogens with zero attached hydrogens (tertiary/aromatic N) is 1. The van der Waals surface area contributed by atoms with Crippen molar-refractivity contribution in [2.24, 2.45) is 0 Å². The van der Waals surface area contributed by atoms with Crippen molar-refractivity contribution in [3.63, 3.8) is 0 Å². The molecule has 10 heteroatoms. The van der Waals surface area contributed by atoms with Gasteiger partial charge in [0.15, 0.2) is 5.13 Å². The van der Waals surface area contributed by atoms with E-state index in [0.717, 1.165) is 26.9 Å². The standard InChI is InChI=1S/C38H30N4O4S2/c1-46-34-14-8-7-13-29(34)22-32(40-36(44)26-10-3-2-4-11-26)37(45)39-30-17-19-31(20-18-30)47-24-35(43)42-38-41-33(23-48-38)28-16-15-25-9-5-6-12-27(25)21-28/h2-23H,24H2,1H3,(H,39,45)(H,40,44)(H,41,42,43)/b32-22-. The van der Waals surface area contributed by atoms with Gasteiger partial charge in [0.25, 0.3) is 11.8 Å². The third kappa shape index (κ3) is 8.16. The number of thiazole rings is 1. The molecule has 48 heavy (non-hydrogen) atoms. The number of benzene rings is 5. The van der Waals surface area contributed by atoms with Crippen LogP contribution in [0.5, 0.6) is 5.75 Å². The molecule has 0 spiro atoms. The maximum absolute atomic E-state index is 13.4. The molecule has 0 saturated heterocycles. The summed E-state index contributed by atoms with van der Waals surface area (Å²) in [7, 11) is 1.54. The van der Waals surface area contributed by atoms with Crippen LogP contribution in [-0.4, -0.2) is 35.6 Å². The van der Waals surface area contributed by atoms with E-state index >= 15 is 0 Å². The van der Waals surface area contributed by atoms with Crippen LogP contribution in [0.15, 0.2) is 137 Å². The van der Waals surface area contributed by atoms with Crippen molar-refractivity contribution < 1.29 is 19.1 Å². The molecule has 0 unspecified atom stereocenters. The zero-order valence-electron chi connectivity index (χ0n) is 25.8. The normalized spacial score (nSPS) is 11.1. The minimum atomic E-state index is -0.503. The van der Waals surface area contributed by atoms with Crippen molar-refractivity contribution in [1.29, 1.82) is 0 Å². The van der Waals surface area contributed by atoms with Gasteiger partial charge < -0.3 is 20.7 Å². The van der Waals surface area contributed by atoms with Gasteiger partial charge in [-0.05, 0) is 65.4 Å². The first-order valence-corrected chi connectivity index (χ1v) is 16.8. The molecule has 0 saturated carbocycles. The minimum Gasteiger partial charge on any atom is -0.496 e. The summed E-state index contributed by atoms with van der Waals surface area (Å²) in [6.07, 6.45) is 1.57. The highest BCUT2D eigenvalue weighted by Crippen LogP contribution is 2.28. The van der Waals surface area contributed by atoms with Crippen molar-refractivity contribution in [3.05, 3.63) is 144 Å². The molecule has 0 aliphatic rings. The molecule has 6 aromatic rings. The molecular weight excluding hydrogens is 641 g/mol. The molecule has 3 amide bonds. The average Bonchev–Trinajstić information content (AvgIpc) is 3.59. The van der Waals surface area contributed by atoms with Gasteiger partial charge in [0, 0.05) is 32.7 Å². The summed E-state index contributed by atoms with van der Waals surface area (Å²) in [6.45, 7) is 0. The number of carbonyl (C=O) groups is 3. The number of aromatic nitrogens is 1. The van der Waals surface area contributed by atoms with Crippen LogP contribution in [-0.2, 0) is 9.59 Å². The lowest BCUT2D eigenvalue weighted by Crippen LogP contribution is -2.30. The topological polar surface area (TPSA) is 109 Å². The van der Waals surface area contributed by atoms with E-state index in [0.29, 0.717) is 27.7 Å². The van der Waals surface area contributed by atoms with Crippen LogP contribution in [0.25, 0.3) is 28.1 Å². The molecule has 0 radical (unpaired) electrons. The fraction of sp³-hybridized carbons (Fsp3) is 0.0526. The highest BCUT2D eigenvalue weighted by atomic mass is 32.2. The van der Waals surface area contributed by atoms with E-state index in [9.17, 15) is 14.4 Å². The zero-order valence-corrected chi connectivity index (χ0v) is 27.4. The van der Waals surface area contributed by atoms with Gasteiger partial charge in [-0.3, -0.25) is 14.4 Å². The number of carbonyl (C=O) groups excluding carboxylic acids is 3. The minimum absolute atomic E-state index is 0.0504. The second-order valence-corrected chi connectivity index (χ2v) is 12.4. The van der Waals surface area contributed by atoms with E-state index < -0.39 is 11.8 Å². The number of para-hydroxylation sites is 1. The van der Waals surface area contributed by atoms with Crippen LogP contribution in [0.2, 0.25) is 0 Å². The van der Waals surface area contributed by atoms with Gasteiger partial charge in [-0.2, -0.15) is 0 Å². The molecule has 1 aromatic heterocycles. The Morgan fingerprint density at radius 2 is 1.54 bits per heavy atom. The Labute approximate surface area is 285 Å². The van der Waals surface area contributed by atoms with E-state index in [-0.39, 0.29) is 17.4 Å². The number of hydrogen-bond donors (Lipinski definition) is 3. The van der Waals surface area contributed by atoms with Gasteiger partial charge in [0.1, 0.15) is 11.4 Å². The molecular formula is C38H30N4O4S2. The van der Waals surface area contributed by atoms with Crippen LogP contribution >= 0.6 is 23.1 Å². The highest BCUT2D eigenvalue weighted by Gasteiger charge is 2.16. The molecule has 6 rings (SSSR count). The third-order valence-electron chi connectivity index (χ3n) is 7.25. The summed E-state index contributed by atoms with van der Waals surface area (Å²) in [5, 5.41) is 13.2. The Kier molecular flexibility index (Phi) is 10.2. The Morgan fingerprint density at radius 3 is 2.33 bits per heavy atom. The van der Waals surface area contributed by atoms with Crippen molar-refractivity contribution in [1.82, 2.24) is 10.3 Å². The Hall–Kier alpha value is -5.71. The van der Waals surface area contributed by atoms with Gasteiger partial charge in [0.2, 0.25) is 5.91 Å². The summed E-state index contributed by atoms with van der Waals surface area (Å²) < 4.78 is 5.43. The van der Waals surface area contributed by atoms with Crippen LogP contribution in [0.1, 0.15) is 15.9 Å². The molecule has 0 bridgehead atoms. The van der Waals surface area contributed by atoms with Gasteiger partial charge in [-0.25, -0.2) is 4.98 Å². The maximum Gasteiger partial charge on any atom is 0.272 e. The van der Waals surface area contributed by atoms with Crippen molar-refractivity contribution in [2.45, 2.75) is 4.90 Å². The smallest absolute Gasteiger partial charge is 0.272 e. The number of nitrogens with one attached hydrogen (secondary N) is 3. The van der Waals surface area contributed by atoms with Crippen molar-refractivity contribution in [3.8, 4) is 17.0 Å². The lowest BCUT2D eigenvalue weighted by Gasteiger charge is -2.13. The predicted octanol–water partition coefficient (Wildman–Crippen LogP) is 8.11. The lowest BCUT2D eigenvalue weighted by atomic mass is 10.1. The first kappa shape index (κ1) is 32.2. The largest absolute Gasteiger partial charge is 0.496 e. The van der Waals surface area contributed by atoms with E-state index in [1.54, 1.807) is 61.7 Å². The highest BCUT2D eigenvalue weighted by molar-refractivity contribution is 8.00. The fourth-order valence-electron chi connectivity index (χ4n) is 4.83. The molecule has 8 nitrogen and oxygen atoms in total. The molecule has 0 fully saturated rings. The Morgan fingerprint density at radius 1 is 0.812 bits per heavy atom. The van der Waals surface area contributed by atoms with Crippen molar-refractivity contribution >= 4 is 68.5 Å². The number of anilines is 2. The van der Waals surface area contributed by atoms with Crippen LogP contribution < -0.4 is 20.7 Å². The summed E-state index contributed by atoms with van der Waals surface area (Å²) >= 11 is 2.75. The number of rotatable bonds is 11. The molecule has 238 valence electrons. The summed E-state index contributed by atoms with van der Waals surface area (Å²) in [5.41, 5.74) is 3.43. The number of fused-ring (bicyclic) bond motifs is 1. The fourth-order valence-corrected chi connectivity index (χ4v) is 6.27. The molecule has 3 N–H and O–H groups in total. The van der Waals surface area contributed by atoms with E-state index in [1.165, 1.54) is 23.1 Å². The van der Waals surface area contributed by atoms with Gasteiger partial charge in [0.05, 0.1) is 18.6 Å². The Balaban J connectivity index is 1.06. The average molecular weight is 671 g/mol. The third-order valence-corrected chi connectivity index (χ3v) is 9.02. The quantitative estimate of drug-likeness (QED) is 0.0949. The number of hydrogen-bond acceptors (Lipinski definition) is 7. The second-order valence-electron chi connectivity index (χ2n) is 10.5. The summed E-state index contributed by atoms with van der Waals surface area (Å²) in [5.74, 6) is -0.344. The molecule has 1 heterocycles. The predicted molar refractivity (Wildman–Crippen MR) is 194 cm³/mol. The molecule has 0 aliphatic carbocycles. The zero-order chi connectivity index (χ0) is 33.3. The Bertz CT molecular complexity index is 2110. The number of ether oxygens (including phenoxy) is 1. The monoisotopic (exact) mass is 670 g/mol. The van der Waals surface area contributed by atoms with E-state index in [1.807, 2.05) is 53.9 Å². The van der Waals surface area contributed by atoms with Gasteiger partial charge >= 0.3 is 0 Å². The lowest BCUT2D eigenvalue weighted by molar-refractivity contribution is -0.114. The van der Waals surface area contributed by atoms with Crippen LogP contribution in [0.3, 0.4) is 0 Å². The summed E-state index contributed by atoms with van der Waals surface area (Å²) in [4.78, 5) is 44.5. The van der Waals surface area contributed by atoms with Gasteiger partial charge in [-0.15, -0.1) is 23.1 Å². The maximum atomic E-state index is 13.4. The number of thioether (sulfide) groups is 1. The molecule has 0 aliphatic heterocycles. The molecule has 5 aromatic carbocycles. The van der Waals surface area contributed by atoms with Crippen LogP contribution in [0.4, 0.5) is 10.8 Å². The number of amides is 3. The van der Waals surface area contributed by atoms with Gasteiger partial charge in [-0.1, -0.05) is 72.8 Å². The first-order valence-electron chi connectivity index (χ1n) is 14.9. The van der Waals surface area contributed by atoms with E-state index in [4.69, 9.17) is 4.74 Å². The summed E-state index contributed by atoms with van der Waals surface area (Å²) in [6, 6.07) is 37.3. The van der Waals surface area contributed by atoms with Crippen molar-refractivity contribution in [2.75, 3.05) is 23.5 Å². The van der Waals surface area contributed by atoms with Crippen LogP contribution in [0, 0.1) is 0 Å².